The van der Waals surface area contributed by atoms with E-state index in [4.69, 9.17) is 0 Å². The molecule has 0 saturated heterocycles. The van der Waals surface area contributed by atoms with Crippen molar-refractivity contribution >= 4 is 0 Å². The third-order valence-corrected chi connectivity index (χ3v) is 2.68. The summed E-state index contributed by atoms with van der Waals surface area (Å²) in [6.45, 7) is 1.77. The first-order valence-electron chi connectivity index (χ1n) is 4.25. The van der Waals surface area contributed by atoms with Crippen LogP contribution in [0.5, 0.6) is 0 Å². The number of aliphatic hydroxyl groups excluding tert-OH is 1. The van der Waals surface area contributed by atoms with E-state index in [0.717, 1.165) is 6.07 Å². The van der Waals surface area contributed by atoms with E-state index in [0.29, 0.717) is 17.5 Å². The minimum Gasteiger partial charge on any atom is -0.392 e. The smallest absolute Gasteiger partial charge is 0.129 e. The van der Waals surface area contributed by atoms with Gasteiger partial charge in [-0.05, 0) is 17.2 Å². The second-order valence-corrected chi connectivity index (χ2v) is 3.52. The SMILES string of the molecule is CC1c2cc(F)cc(F)c2C[C@H]1O. The number of hydrogen-bond acceptors (Lipinski definition) is 1. The molecular weight excluding hydrogens is 174 g/mol. The Morgan fingerprint density at radius 2 is 2.08 bits per heavy atom. The van der Waals surface area contributed by atoms with Crippen LogP contribution in [-0.4, -0.2) is 11.2 Å². The van der Waals surface area contributed by atoms with Gasteiger partial charge in [-0.3, -0.25) is 0 Å². The lowest BCUT2D eigenvalue weighted by molar-refractivity contribution is 0.162. The molecule has 1 aromatic rings. The zero-order valence-electron chi connectivity index (χ0n) is 7.22. The van der Waals surface area contributed by atoms with Crippen molar-refractivity contribution in [3.63, 3.8) is 0 Å². The van der Waals surface area contributed by atoms with Crippen LogP contribution in [0.15, 0.2) is 12.1 Å². The molecule has 1 aromatic carbocycles. The van der Waals surface area contributed by atoms with Crippen LogP contribution < -0.4 is 0 Å². The van der Waals surface area contributed by atoms with E-state index in [1.807, 2.05) is 0 Å². The fourth-order valence-electron chi connectivity index (χ4n) is 1.84. The summed E-state index contributed by atoms with van der Waals surface area (Å²) in [5.41, 5.74) is 1.06. The van der Waals surface area contributed by atoms with Crippen LogP contribution in [0, 0.1) is 11.6 Å². The van der Waals surface area contributed by atoms with E-state index in [2.05, 4.69) is 0 Å². The van der Waals surface area contributed by atoms with Crippen LogP contribution >= 0.6 is 0 Å². The van der Waals surface area contributed by atoms with Crippen molar-refractivity contribution < 1.29 is 13.9 Å². The molecule has 3 heteroatoms. The van der Waals surface area contributed by atoms with Gasteiger partial charge >= 0.3 is 0 Å². The molecule has 1 unspecified atom stereocenters. The lowest BCUT2D eigenvalue weighted by Gasteiger charge is -2.07. The summed E-state index contributed by atoms with van der Waals surface area (Å²) in [7, 11) is 0. The van der Waals surface area contributed by atoms with Crippen molar-refractivity contribution in [2.24, 2.45) is 0 Å². The molecule has 1 aliphatic rings. The molecule has 2 rings (SSSR count). The van der Waals surface area contributed by atoms with Gasteiger partial charge in [0.15, 0.2) is 0 Å². The van der Waals surface area contributed by atoms with Crippen LogP contribution in [0.1, 0.15) is 24.0 Å². The van der Waals surface area contributed by atoms with Crippen molar-refractivity contribution in [1.29, 1.82) is 0 Å². The van der Waals surface area contributed by atoms with Gasteiger partial charge in [-0.2, -0.15) is 0 Å². The minimum atomic E-state index is -0.578. The van der Waals surface area contributed by atoms with Crippen LogP contribution in [0.2, 0.25) is 0 Å². The normalized spacial score (nSPS) is 26.2. The molecule has 1 nitrogen and oxygen atoms in total. The first-order valence-corrected chi connectivity index (χ1v) is 4.25. The predicted molar refractivity (Wildman–Crippen MR) is 44.5 cm³/mol. The largest absolute Gasteiger partial charge is 0.392 e. The lowest BCUT2D eigenvalue weighted by atomic mass is 10.0. The highest BCUT2D eigenvalue weighted by molar-refractivity contribution is 5.38. The van der Waals surface area contributed by atoms with Gasteiger partial charge in [0.2, 0.25) is 0 Å². The Labute approximate surface area is 75.0 Å². The lowest BCUT2D eigenvalue weighted by Crippen LogP contribution is -2.09. The molecule has 0 fully saturated rings. The Morgan fingerprint density at radius 1 is 1.38 bits per heavy atom. The van der Waals surface area contributed by atoms with Gasteiger partial charge in [-0.15, -0.1) is 0 Å². The van der Waals surface area contributed by atoms with Gasteiger partial charge in [0, 0.05) is 18.4 Å². The molecule has 1 aliphatic carbocycles. The molecule has 1 N–H and O–H groups in total. The van der Waals surface area contributed by atoms with Crippen molar-refractivity contribution in [1.82, 2.24) is 0 Å². The number of hydrogen-bond donors (Lipinski definition) is 1. The topological polar surface area (TPSA) is 20.2 Å². The summed E-state index contributed by atoms with van der Waals surface area (Å²) in [4.78, 5) is 0. The second-order valence-electron chi connectivity index (χ2n) is 3.52. The summed E-state index contributed by atoms with van der Waals surface area (Å²) < 4.78 is 25.9. The van der Waals surface area contributed by atoms with E-state index >= 15 is 0 Å². The average Bonchev–Trinajstić information content (AvgIpc) is 2.32. The predicted octanol–water partition coefficient (Wildman–Crippen LogP) is 1.99. The third kappa shape index (κ3) is 1.23. The highest BCUT2D eigenvalue weighted by Crippen LogP contribution is 2.34. The van der Waals surface area contributed by atoms with Crippen molar-refractivity contribution in [2.75, 3.05) is 0 Å². The summed E-state index contributed by atoms with van der Waals surface area (Å²) in [5.74, 6) is -1.28. The Bertz CT molecular complexity index is 349. The average molecular weight is 184 g/mol. The number of benzene rings is 1. The van der Waals surface area contributed by atoms with Crippen molar-refractivity contribution in [3.8, 4) is 0 Å². The van der Waals surface area contributed by atoms with E-state index in [1.54, 1.807) is 6.92 Å². The monoisotopic (exact) mass is 184 g/mol. The number of fused-ring (bicyclic) bond motifs is 1. The standard InChI is InChI=1S/C10H10F2O/c1-5-7-2-6(11)3-9(12)8(7)4-10(5)13/h2-3,5,10,13H,4H2,1H3/t5?,10-/m1/s1. The first kappa shape index (κ1) is 8.63. The third-order valence-electron chi connectivity index (χ3n) is 2.68. The zero-order valence-corrected chi connectivity index (χ0v) is 7.22. The van der Waals surface area contributed by atoms with Crippen LogP contribution in [0.4, 0.5) is 8.78 Å². The van der Waals surface area contributed by atoms with Gasteiger partial charge in [0.05, 0.1) is 6.10 Å². The maximum Gasteiger partial charge on any atom is 0.129 e. The number of halogens is 2. The van der Waals surface area contributed by atoms with Gasteiger partial charge in [-0.25, -0.2) is 8.78 Å². The Hall–Kier alpha value is -0.960. The number of aliphatic hydroxyl groups is 1. The molecule has 2 atom stereocenters. The molecule has 0 saturated carbocycles. The van der Waals surface area contributed by atoms with Crippen molar-refractivity contribution in [3.05, 3.63) is 34.9 Å². The highest BCUT2D eigenvalue weighted by Gasteiger charge is 2.30. The Kier molecular flexibility index (Phi) is 1.84. The molecule has 70 valence electrons. The van der Waals surface area contributed by atoms with Gasteiger partial charge in [0.1, 0.15) is 11.6 Å². The van der Waals surface area contributed by atoms with Crippen LogP contribution in [-0.2, 0) is 6.42 Å². The van der Waals surface area contributed by atoms with Crippen LogP contribution in [0.25, 0.3) is 0 Å². The summed E-state index contributed by atoms with van der Waals surface area (Å²) in [5, 5.41) is 9.45. The Balaban J connectivity index is 2.57. The molecule has 0 bridgehead atoms. The fourth-order valence-corrected chi connectivity index (χ4v) is 1.84. The maximum absolute atomic E-state index is 13.1. The number of rotatable bonds is 0. The molecule has 13 heavy (non-hydrogen) atoms. The molecular formula is C10H10F2O. The highest BCUT2D eigenvalue weighted by atomic mass is 19.1. The fraction of sp³-hybridized carbons (Fsp3) is 0.400. The zero-order chi connectivity index (χ0) is 9.59. The van der Waals surface area contributed by atoms with Gasteiger partial charge < -0.3 is 5.11 Å². The minimum absolute atomic E-state index is 0.166. The molecule has 0 aromatic heterocycles. The van der Waals surface area contributed by atoms with E-state index < -0.39 is 17.7 Å². The van der Waals surface area contributed by atoms with Crippen LogP contribution in [0.3, 0.4) is 0 Å². The van der Waals surface area contributed by atoms with E-state index in [1.165, 1.54) is 6.07 Å². The van der Waals surface area contributed by atoms with E-state index in [9.17, 15) is 13.9 Å². The molecule has 0 spiro atoms. The van der Waals surface area contributed by atoms with E-state index in [-0.39, 0.29) is 5.92 Å². The summed E-state index contributed by atoms with van der Waals surface area (Å²) in [6.07, 6.45) is -0.283. The first-order chi connectivity index (χ1) is 6.09. The Morgan fingerprint density at radius 3 is 2.77 bits per heavy atom. The molecule has 0 heterocycles. The summed E-state index contributed by atoms with van der Waals surface area (Å²) >= 11 is 0. The molecule has 0 aliphatic heterocycles. The quantitative estimate of drug-likeness (QED) is 0.653. The molecule has 0 amide bonds. The van der Waals surface area contributed by atoms with Gasteiger partial charge in [-0.1, -0.05) is 6.92 Å². The summed E-state index contributed by atoms with van der Waals surface area (Å²) in [6, 6.07) is 2.17. The maximum atomic E-state index is 13.1. The van der Waals surface area contributed by atoms with Crippen molar-refractivity contribution in [2.45, 2.75) is 25.4 Å². The van der Waals surface area contributed by atoms with Gasteiger partial charge in [0.25, 0.3) is 0 Å². The molecule has 0 radical (unpaired) electrons. The second kappa shape index (κ2) is 2.77.